The Morgan fingerprint density at radius 2 is 1.46 bits per heavy atom. The molecule has 5 aromatic rings. The van der Waals surface area contributed by atoms with E-state index in [0.29, 0.717) is 21.6 Å². The fraction of sp³-hybridized carbons (Fsp3) is 0.0323. The molecule has 0 amide bonds. The van der Waals surface area contributed by atoms with Crippen molar-refractivity contribution in [1.82, 2.24) is 4.98 Å². The van der Waals surface area contributed by atoms with Gasteiger partial charge in [-0.1, -0.05) is 41.9 Å². The van der Waals surface area contributed by atoms with Crippen LogP contribution in [0.4, 0.5) is 5.69 Å². The van der Waals surface area contributed by atoms with Gasteiger partial charge in [0.15, 0.2) is 12.4 Å². The highest BCUT2D eigenvalue weighted by Crippen LogP contribution is 2.26. The number of pyridine rings is 1. The Hall–Kier alpha value is -5.41. The lowest BCUT2D eigenvalue weighted by Gasteiger charge is -2.10. The third-order valence-electron chi connectivity index (χ3n) is 6.11. The van der Waals surface area contributed by atoms with Crippen LogP contribution in [-0.4, -0.2) is 34.2 Å². The van der Waals surface area contributed by atoms with E-state index in [4.69, 9.17) is 21.1 Å². The van der Waals surface area contributed by atoms with Crippen LogP contribution < -0.4 is 4.74 Å². The summed E-state index contributed by atoms with van der Waals surface area (Å²) in [4.78, 5) is 53.0. The molecular formula is C31H19ClN2O7. The summed E-state index contributed by atoms with van der Waals surface area (Å²) < 4.78 is 10.6. The SMILES string of the molecule is O=C(COC(=O)c1cc(-c2ccc(Cl)cc2)nc2ccccc12)c1ccc(OC(=O)c2ccc([N+](=O)[O-])cc2)cc1. The first-order valence-corrected chi connectivity index (χ1v) is 12.6. The molecule has 1 heterocycles. The summed E-state index contributed by atoms with van der Waals surface area (Å²) in [6.45, 7) is -0.506. The van der Waals surface area contributed by atoms with Crippen molar-refractivity contribution in [3.8, 4) is 17.0 Å². The minimum Gasteiger partial charge on any atom is -0.454 e. The van der Waals surface area contributed by atoms with Crippen LogP contribution in [0, 0.1) is 10.1 Å². The van der Waals surface area contributed by atoms with Gasteiger partial charge in [-0.2, -0.15) is 0 Å². The van der Waals surface area contributed by atoms with E-state index >= 15 is 0 Å². The summed E-state index contributed by atoms with van der Waals surface area (Å²) in [7, 11) is 0. The van der Waals surface area contributed by atoms with Crippen molar-refractivity contribution in [2.75, 3.05) is 6.61 Å². The molecule has 41 heavy (non-hydrogen) atoms. The number of ether oxygens (including phenoxy) is 2. The molecule has 0 aliphatic heterocycles. The van der Waals surface area contributed by atoms with Gasteiger partial charge in [-0.25, -0.2) is 14.6 Å². The zero-order chi connectivity index (χ0) is 28.9. The normalized spacial score (nSPS) is 10.7. The topological polar surface area (TPSA) is 126 Å². The molecule has 0 bridgehead atoms. The Morgan fingerprint density at radius 3 is 2.15 bits per heavy atom. The molecule has 0 fully saturated rings. The van der Waals surface area contributed by atoms with Crippen LogP contribution in [0.2, 0.25) is 5.02 Å². The molecule has 0 N–H and O–H groups in total. The number of carbonyl (C=O) groups excluding carboxylic acids is 3. The van der Waals surface area contributed by atoms with Crippen LogP contribution in [0.15, 0.2) is 103 Å². The van der Waals surface area contributed by atoms with Gasteiger partial charge in [-0.15, -0.1) is 0 Å². The number of fused-ring (bicyclic) bond motifs is 1. The minimum atomic E-state index is -0.713. The molecule has 10 heteroatoms. The lowest BCUT2D eigenvalue weighted by atomic mass is 10.0. The van der Waals surface area contributed by atoms with E-state index in [1.807, 2.05) is 6.07 Å². The number of hydrogen-bond acceptors (Lipinski definition) is 8. The minimum absolute atomic E-state index is 0.130. The lowest BCUT2D eigenvalue weighted by Crippen LogP contribution is -2.15. The predicted octanol–water partition coefficient (Wildman–Crippen LogP) is 6.72. The van der Waals surface area contributed by atoms with Crippen molar-refractivity contribution >= 4 is 45.9 Å². The van der Waals surface area contributed by atoms with Gasteiger partial charge in [-0.05, 0) is 60.7 Å². The van der Waals surface area contributed by atoms with Crippen molar-refractivity contribution in [2.24, 2.45) is 0 Å². The van der Waals surface area contributed by atoms with Crippen molar-refractivity contribution in [3.05, 3.63) is 135 Å². The second kappa shape index (κ2) is 11.8. The third kappa shape index (κ3) is 6.26. The Kier molecular flexibility index (Phi) is 7.80. The zero-order valence-electron chi connectivity index (χ0n) is 21.2. The summed E-state index contributed by atoms with van der Waals surface area (Å²) in [5.74, 6) is -1.68. The van der Waals surface area contributed by atoms with Crippen LogP contribution in [0.1, 0.15) is 31.1 Å². The second-order valence-corrected chi connectivity index (χ2v) is 9.23. The van der Waals surface area contributed by atoms with Gasteiger partial charge in [0.2, 0.25) is 0 Å². The van der Waals surface area contributed by atoms with Crippen LogP contribution in [0.5, 0.6) is 5.75 Å². The van der Waals surface area contributed by atoms with Gasteiger partial charge in [-0.3, -0.25) is 14.9 Å². The van der Waals surface area contributed by atoms with E-state index in [2.05, 4.69) is 4.98 Å². The highest BCUT2D eigenvalue weighted by molar-refractivity contribution is 6.30. The van der Waals surface area contributed by atoms with Gasteiger partial charge >= 0.3 is 11.9 Å². The molecule has 0 saturated heterocycles. The maximum Gasteiger partial charge on any atom is 0.343 e. The molecule has 0 aliphatic carbocycles. The molecular weight excluding hydrogens is 548 g/mol. The Balaban J connectivity index is 1.25. The summed E-state index contributed by atoms with van der Waals surface area (Å²) in [6, 6.07) is 26.5. The first-order chi connectivity index (χ1) is 19.8. The van der Waals surface area contributed by atoms with Crippen molar-refractivity contribution in [3.63, 3.8) is 0 Å². The number of non-ortho nitro benzene ring substituents is 1. The highest BCUT2D eigenvalue weighted by atomic mass is 35.5. The zero-order valence-corrected chi connectivity index (χ0v) is 21.9. The van der Waals surface area contributed by atoms with Crippen molar-refractivity contribution in [2.45, 2.75) is 0 Å². The highest BCUT2D eigenvalue weighted by Gasteiger charge is 2.18. The first kappa shape index (κ1) is 27.2. The maximum atomic E-state index is 13.1. The molecule has 202 valence electrons. The fourth-order valence-electron chi connectivity index (χ4n) is 4.00. The number of hydrogen-bond donors (Lipinski definition) is 0. The summed E-state index contributed by atoms with van der Waals surface area (Å²) in [5, 5.41) is 11.9. The van der Waals surface area contributed by atoms with Crippen LogP contribution in [-0.2, 0) is 4.74 Å². The number of nitrogens with zero attached hydrogens (tertiary/aromatic N) is 2. The predicted molar refractivity (Wildman–Crippen MR) is 151 cm³/mol. The first-order valence-electron chi connectivity index (χ1n) is 12.2. The number of halogens is 1. The maximum absolute atomic E-state index is 13.1. The smallest absolute Gasteiger partial charge is 0.343 e. The summed E-state index contributed by atoms with van der Waals surface area (Å²) in [6.07, 6.45) is 0. The van der Waals surface area contributed by atoms with Gasteiger partial charge in [0.25, 0.3) is 5.69 Å². The monoisotopic (exact) mass is 566 g/mol. The number of aromatic nitrogens is 1. The Morgan fingerprint density at radius 1 is 0.805 bits per heavy atom. The van der Waals surface area contributed by atoms with E-state index in [1.165, 1.54) is 48.5 Å². The van der Waals surface area contributed by atoms with Gasteiger partial charge in [0.1, 0.15) is 5.75 Å². The Labute approximate surface area is 238 Å². The number of ketones is 1. The molecule has 0 atom stereocenters. The number of nitro groups is 1. The van der Waals surface area contributed by atoms with Crippen LogP contribution >= 0.6 is 11.6 Å². The van der Waals surface area contributed by atoms with Crippen molar-refractivity contribution in [1.29, 1.82) is 0 Å². The van der Waals surface area contributed by atoms with Gasteiger partial charge in [0, 0.05) is 33.7 Å². The van der Waals surface area contributed by atoms with E-state index in [0.717, 1.165) is 5.56 Å². The second-order valence-electron chi connectivity index (χ2n) is 8.80. The molecule has 9 nitrogen and oxygen atoms in total. The van der Waals surface area contributed by atoms with Gasteiger partial charge < -0.3 is 9.47 Å². The number of Topliss-reactive ketones (excluding diaryl/α,β-unsaturated/α-hetero) is 1. The van der Waals surface area contributed by atoms with E-state index < -0.39 is 29.3 Å². The molecule has 5 rings (SSSR count). The molecule has 0 saturated carbocycles. The summed E-state index contributed by atoms with van der Waals surface area (Å²) in [5.41, 5.74) is 2.40. The molecule has 1 aromatic heterocycles. The average Bonchev–Trinajstić information content (AvgIpc) is 3.00. The number of para-hydroxylation sites is 1. The van der Waals surface area contributed by atoms with E-state index in [9.17, 15) is 24.5 Å². The van der Waals surface area contributed by atoms with Crippen molar-refractivity contribution < 1.29 is 28.8 Å². The fourth-order valence-corrected chi connectivity index (χ4v) is 4.13. The van der Waals surface area contributed by atoms with Crippen LogP contribution in [0.25, 0.3) is 22.2 Å². The number of esters is 2. The number of carbonyl (C=O) groups is 3. The van der Waals surface area contributed by atoms with E-state index in [1.54, 1.807) is 48.5 Å². The van der Waals surface area contributed by atoms with Gasteiger partial charge in [0.05, 0.1) is 27.3 Å². The number of benzene rings is 4. The summed E-state index contributed by atoms with van der Waals surface area (Å²) >= 11 is 6.00. The Bertz CT molecular complexity index is 1790. The van der Waals surface area contributed by atoms with Crippen LogP contribution in [0.3, 0.4) is 0 Å². The third-order valence-corrected chi connectivity index (χ3v) is 6.36. The van der Waals surface area contributed by atoms with E-state index in [-0.39, 0.29) is 28.1 Å². The lowest BCUT2D eigenvalue weighted by molar-refractivity contribution is -0.384. The quantitative estimate of drug-likeness (QED) is 0.0666. The average molecular weight is 567 g/mol. The molecule has 4 aromatic carbocycles. The molecule has 0 aliphatic rings. The standard InChI is InChI=1S/C31H19ClN2O7/c32-22-11-5-19(6-12-22)28-17-26(25-3-1-2-4-27(25)33-28)31(37)40-18-29(35)20-9-15-24(16-10-20)41-30(36)21-7-13-23(14-8-21)34(38)39/h1-17H,18H2. The number of nitro benzene ring substituents is 1. The number of rotatable bonds is 8. The molecule has 0 radical (unpaired) electrons. The molecule has 0 spiro atoms. The molecule has 0 unspecified atom stereocenters. The largest absolute Gasteiger partial charge is 0.454 e.